The van der Waals surface area contributed by atoms with Gasteiger partial charge in [0.2, 0.25) is 0 Å². The van der Waals surface area contributed by atoms with Gasteiger partial charge in [-0.15, -0.1) is 24.0 Å². The van der Waals surface area contributed by atoms with Crippen LogP contribution < -0.4 is 10.6 Å². The number of halogens is 1. The van der Waals surface area contributed by atoms with Gasteiger partial charge in [0.05, 0.1) is 12.1 Å². The Hall–Kier alpha value is -0.890. The molecule has 0 aromatic carbocycles. The highest BCUT2D eigenvalue weighted by molar-refractivity contribution is 14.0. The fourth-order valence-electron chi connectivity index (χ4n) is 2.75. The lowest BCUT2D eigenvalue weighted by atomic mass is 9.93. The lowest BCUT2D eigenvalue weighted by molar-refractivity contribution is 0.0306. The minimum Gasteiger partial charge on any atom is -0.388 e. The van der Waals surface area contributed by atoms with Gasteiger partial charge in [0, 0.05) is 25.0 Å². The first-order valence-corrected chi connectivity index (χ1v) is 9.19. The third kappa shape index (κ3) is 9.99. The van der Waals surface area contributed by atoms with E-state index in [4.69, 9.17) is 0 Å². The molecule has 144 valence electrons. The molecule has 1 heterocycles. The van der Waals surface area contributed by atoms with E-state index >= 15 is 0 Å². The van der Waals surface area contributed by atoms with E-state index in [0.717, 1.165) is 56.8 Å². The number of nitrogens with one attached hydrogen (secondary N) is 2. The number of aliphatic imine (C=N–C) groups is 1. The summed E-state index contributed by atoms with van der Waals surface area (Å²) >= 11 is 0. The molecule has 0 aliphatic carbocycles. The van der Waals surface area contributed by atoms with E-state index in [-0.39, 0.29) is 24.0 Å². The number of hydrogen-bond donors (Lipinski definition) is 3. The molecule has 6 heteroatoms. The normalized spacial score (nSPS) is 11.8. The van der Waals surface area contributed by atoms with Crippen LogP contribution in [0.2, 0.25) is 0 Å². The number of pyridine rings is 1. The molecule has 0 atom stereocenters. The average molecular weight is 462 g/mol. The van der Waals surface area contributed by atoms with Gasteiger partial charge in [-0.25, -0.2) is 0 Å². The van der Waals surface area contributed by atoms with Crippen LogP contribution >= 0.6 is 24.0 Å². The molecule has 1 rings (SSSR count). The van der Waals surface area contributed by atoms with Gasteiger partial charge in [-0.05, 0) is 44.7 Å². The molecule has 0 spiro atoms. The summed E-state index contributed by atoms with van der Waals surface area (Å²) in [6.45, 7) is 10.3. The third-order valence-electron chi connectivity index (χ3n) is 3.99. The monoisotopic (exact) mass is 462 g/mol. The SMILES string of the molecule is CCCC(O)(CCC)CN=C(NCC)NCCc1ccc(C)nc1.I. The zero-order chi connectivity index (χ0) is 17.8. The van der Waals surface area contributed by atoms with Crippen LogP contribution in [0.3, 0.4) is 0 Å². The van der Waals surface area contributed by atoms with Crippen molar-refractivity contribution in [3.8, 4) is 0 Å². The molecule has 1 aromatic heterocycles. The fraction of sp³-hybridized carbons (Fsp3) is 0.684. The molecule has 0 aliphatic rings. The molecule has 0 amide bonds. The first kappa shape index (κ1) is 24.1. The summed E-state index contributed by atoms with van der Waals surface area (Å²) in [6.07, 6.45) is 6.33. The van der Waals surface area contributed by atoms with E-state index in [1.54, 1.807) is 0 Å². The van der Waals surface area contributed by atoms with Crippen LogP contribution in [-0.4, -0.2) is 41.3 Å². The fourth-order valence-corrected chi connectivity index (χ4v) is 2.75. The van der Waals surface area contributed by atoms with Crippen LogP contribution in [0.15, 0.2) is 23.3 Å². The van der Waals surface area contributed by atoms with Gasteiger partial charge in [-0.1, -0.05) is 32.8 Å². The molecular weight excluding hydrogens is 427 g/mol. The summed E-state index contributed by atoms with van der Waals surface area (Å²) in [7, 11) is 0. The summed E-state index contributed by atoms with van der Waals surface area (Å²) < 4.78 is 0. The zero-order valence-electron chi connectivity index (χ0n) is 16.1. The van der Waals surface area contributed by atoms with Crippen molar-refractivity contribution in [2.75, 3.05) is 19.6 Å². The first-order valence-electron chi connectivity index (χ1n) is 9.19. The second-order valence-electron chi connectivity index (χ2n) is 6.40. The smallest absolute Gasteiger partial charge is 0.191 e. The average Bonchev–Trinajstić information content (AvgIpc) is 2.55. The molecule has 0 unspecified atom stereocenters. The Kier molecular flexibility index (Phi) is 12.9. The number of aryl methyl sites for hydroxylation is 1. The molecule has 0 fully saturated rings. The summed E-state index contributed by atoms with van der Waals surface area (Å²) in [5.41, 5.74) is 1.55. The minimum atomic E-state index is -0.688. The van der Waals surface area contributed by atoms with Crippen molar-refractivity contribution in [1.29, 1.82) is 0 Å². The van der Waals surface area contributed by atoms with Gasteiger partial charge in [0.15, 0.2) is 5.96 Å². The second kappa shape index (κ2) is 13.3. The molecule has 5 nitrogen and oxygen atoms in total. The summed E-state index contributed by atoms with van der Waals surface area (Å²) in [5.74, 6) is 0.767. The highest BCUT2D eigenvalue weighted by Gasteiger charge is 2.24. The van der Waals surface area contributed by atoms with Crippen molar-refractivity contribution >= 4 is 29.9 Å². The summed E-state index contributed by atoms with van der Waals surface area (Å²) in [5, 5.41) is 17.3. The topological polar surface area (TPSA) is 69.5 Å². The number of rotatable bonds is 10. The molecule has 0 saturated heterocycles. The molecule has 1 aromatic rings. The number of hydrogen-bond acceptors (Lipinski definition) is 3. The first-order chi connectivity index (χ1) is 11.5. The molecular formula is C19H35IN4O. The van der Waals surface area contributed by atoms with Crippen molar-refractivity contribution in [3.05, 3.63) is 29.6 Å². The number of nitrogens with zero attached hydrogens (tertiary/aromatic N) is 2. The van der Waals surface area contributed by atoms with Crippen LogP contribution in [0.5, 0.6) is 0 Å². The van der Waals surface area contributed by atoms with Crippen molar-refractivity contribution in [2.24, 2.45) is 4.99 Å². The van der Waals surface area contributed by atoms with Crippen LogP contribution in [0, 0.1) is 6.92 Å². The highest BCUT2D eigenvalue weighted by Crippen LogP contribution is 2.19. The van der Waals surface area contributed by atoms with Crippen LogP contribution in [-0.2, 0) is 6.42 Å². The lowest BCUT2D eigenvalue weighted by Gasteiger charge is -2.26. The predicted octanol–water partition coefficient (Wildman–Crippen LogP) is 3.44. The summed E-state index contributed by atoms with van der Waals surface area (Å²) in [6, 6.07) is 4.14. The van der Waals surface area contributed by atoms with Gasteiger partial charge < -0.3 is 15.7 Å². The largest absolute Gasteiger partial charge is 0.388 e. The Balaban J connectivity index is 0.00000576. The lowest BCUT2D eigenvalue weighted by Crippen LogP contribution is -2.40. The molecule has 25 heavy (non-hydrogen) atoms. The second-order valence-corrected chi connectivity index (χ2v) is 6.40. The predicted molar refractivity (Wildman–Crippen MR) is 117 cm³/mol. The maximum atomic E-state index is 10.7. The maximum absolute atomic E-state index is 10.7. The Morgan fingerprint density at radius 1 is 1.16 bits per heavy atom. The Labute approximate surface area is 170 Å². The van der Waals surface area contributed by atoms with E-state index in [1.807, 2.05) is 26.1 Å². The van der Waals surface area contributed by atoms with Gasteiger partial charge in [-0.2, -0.15) is 0 Å². The van der Waals surface area contributed by atoms with E-state index in [2.05, 4.69) is 40.5 Å². The van der Waals surface area contributed by atoms with E-state index < -0.39 is 5.60 Å². The van der Waals surface area contributed by atoms with E-state index in [9.17, 15) is 5.11 Å². The van der Waals surface area contributed by atoms with Crippen molar-refractivity contribution in [3.63, 3.8) is 0 Å². The standard InChI is InChI=1S/C19H34N4O.HI/c1-5-11-19(24,12-6-2)15-23-18(20-7-3)21-13-10-17-9-8-16(4)22-14-17;/h8-9,14,24H,5-7,10-13,15H2,1-4H3,(H2,20,21,23);1H. The molecule has 0 aliphatic heterocycles. The van der Waals surface area contributed by atoms with E-state index in [0.29, 0.717) is 6.54 Å². The third-order valence-corrected chi connectivity index (χ3v) is 3.99. The number of aliphatic hydroxyl groups is 1. The van der Waals surface area contributed by atoms with Crippen LogP contribution in [0.4, 0.5) is 0 Å². The highest BCUT2D eigenvalue weighted by atomic mass is 127. The Morgan fingerprint density at radius 2 is 1.84 bits per heavy atom. The summed E-state index contributed by atoms with van der Waals surface area (Å²) in [4.78, 5) is 8.91. The number of aromatic nitrogens is 1. The zero-order valence-corrected chi connectivity index (χ0v) is 18.5. The van der Waals surface area contributed by atoms with Crippen LogP contribution in [0.1, 0.15) is 57.7 Å². The molecule has 3 N–H and O–H groups in total. The molecule has 0 radical (unpaired) electrons. The Morgan fingerprint density at radius 3 is 2.36 bits per heavy atom. The van der Waals surface area contributed by atoms with Crippen molar-refractivity contribution in [2.45, 2.75) is 65.4 Å². The van der Waals surface area contributed by atoms with Crippen molar-refractivity contribution in [1.82, 2.24) is 15.6 Å². The van der Waals surface area contributed by atoms with Gasteiger partial charge >= 0.3 is 0 Å². The number of guanidine groups is 1. The van der Waals surface area contributed by atoms with Gasteiger partial charge in [0.1, 0.15) is 0 Å². The van der Waals surface area contributed by atoms with Gasteiger partial charge in [0.25, 0.3) is 0 Å². The molecule has 0 bridgehead atoms. The maximum Gasteiger partial charge on any atom is 0.191 e. The molecule has 0 saturated carbocycles. The van der Waals surface area contributed by atoms with Crippen LogP contribution in [0.25, 0.3) is 0 Å². The Bertz CT molecular complexity index is 485. The minimum absolute atomic E-state index is 0. The van der Waals surface area contributed by atoms with E-state index in [1.165, 1.54) is 5.56 Å². The van der Waals surface area contributed by atoms with Crippen molar-refractivity contribution < 1.29 is 5.11 Å². The van der Waals surface area contributed by atoms with Gasteiger partial charge in [-0.3, -0.25) is 9.98 Å². The quantitative estimate of drug-likeness (QED) is 0.283.